The highest BCUT2D eigenvalue weighted by Gasteiger charge is 2.28. The molecule has 0 atom stereocenters. The number of ether oxygens (including phenoxy) is 1. The number of nitro groups is 1. The zero-order valence-corrected chi connectivity index (χ0v) is 16.3. The second-order valence-electron chi connectivity index (χ2n) is 6.84. The molecule has 1 aromatic heterocycles. The number of amides is 1. The zero-order valence-electron chi connectivity index (χ0n) is 16.3. The van der Waals surface area contributed by atoms with Crippen molar-refractivity contribution in [2.75, 3.05) is 13.2 Å². The molecule has 2 heterocycles. The summed E-state index contributed by atoms with van der Waals surface area (Å²) in [5.41, 5.74) is 2.72. The summed E-state index contributed by atoms with van der Waals surface area (Å²) in [6, 6.07) is 13.3. The van der Waals surface area contributed by atoms with Gasteiger partial charge in [-0.2, -0.15) is 0 Å². The van der Waals surface area contributed by atoms with Gasteiger partial charge in [-0.25, -0.2) is 4.79 Å². The third-order valence-electron chi connectivity index (χ3n) is 5.03. The van der Waals surface area contributed by atoms with E-state index in [4.69, 9.17) is 4.74 Å². The molecule has 1 N–H and O–H groups in total. The van der Waals surface area contributed by atoms with Gasteiger partial charge in [0.1, 0.15) is 0 Å². The van der Waals surface area contributed by atoms with Crippen molar-refractivity contribution in [2.24, 2.45) is 0 Å². The fourth-order valence-corrected chi connectivity index (χ4v) is 3.65. The van der Waals surface area contributed by atoms with Gasteiger partial charge in [-0.1, -0.05) is 24.3 Å². The van der Waals surface area contributed by atoms with E-state index in [0.717, 1.165) is 16.5 Å². The Hall–Kier alpha value is -3.94. The molecule has 152 valence electrons. The number of rotatable bonds is 4. The maximum absolute atomic E-state index is 13.1. The van der Waals surface area contributed by atoms with Crippen molar-refractivity contribution >= 4 is 34.0 Å². The minimum absolute atomic E-state index is 0.165. The maximum atomic E-state index is 13.1. The molecule has 0 spiro atoms. The SMILES string of the molecule is CCOC(=O)C1=CN(C(=O)c2cccc([N+](=O)[O-])c2)CCc2c1[nH]c1ccccc21. The van der Waals surface area contributed by atoms with Crippen LogP contribution in [0.1, 0.15) is 28.5 Å². The van der Waals surface area contributed by atoms with Gasteiger partial charge >= 0.3 is 5.97 Å². The van der Waals surface area contributed by atoms with Crippen LogP contribution in [0.4, 0.5) is 5.69 Å². The van der Waals surface area contributed by atoms with Crippen LogP contribution in [0.3, 0.4) is 0 Å². The lowest BCUT2D eigenvalue weighted by molar-refractivity contribution is -0.384. The number of hydrogen-bond donors (Lipinski definition) is 1. The van der Waals surface area contributed by atoms with Gasteiger partial charge in [-0.3, -0.25) is 14.9 Å². The standard InChI is InChI=1S/C22H19N3O5/c1-2-30-22(27)18-13-24(21(26)14-6-5-7-15(12-14)25(28)29)11-10-17-16-8-3-4-9-19(16)23-20(17)18/h3-9,12-13,23H,2,10-11H2,1H3. The quantitative estimate of drug-likeness (QED) is 0.405. The summed E-state index contributed by atoms with van der Waals surface area (Å²) >= 11 is 0. The predicted molar refractivity (Wildman–Crippen MR) is 111 cm³/mol. The van der Waals surface area contributed by atoms with Crippen molar-refractivity contribution in [1.82, 2.24) is 9.88 Å². The number of esters is 1. The lowest BCUT2D eigenvalue weighted by atomic mass is 10.0. The van der Waals surface area contributed by atoms with Crippen LogP contribution in [-0.4, -0.2) is 39.8 Å². The van der Waals surface area contributed by atoms with E-state index in [0.29, 0.717) is 18.7 Å². The highest BCUT2D eigenvalue weighted by molar-refractivity contribution is 6.18. The number of hydrogen-bond acceptors (Lipinski definition) is 5. The first-order chi connectivity index (χ1) is 14.5. The molecule has 0 aliphatic carbocycles. The summed E-state index contributed by atoms with van der Waals surface area (Å²) in [7, 11) is 0. The fourth-order valence-electron chi connectivity index (χ4n) is 3.65. The van der Waals surface area contributed by atoms with Crippen LogP contribution >= 0.6 is 0 Å². The van der Waals surface area contributed by atoms with Gasteiger partial charge in [-0.15, -0.1) is 0 Å². The number of nitrogens with zero attached hydrogens (tertiary/aromatic N) is 2. The average Bonchev–Trinajstić information content (AvgIpc) is 3.01. The molecule has 30 heavy (non-hydrogen) atoms. The number of carbonyl (C=O) groups excluding carboxylic acids is 2. The number of nitro benzene ring substituents is 1. The van der Waals surface area contributed by atoms with Gasteiger partial charge in [-0.05, 0) is 31.0 Å². The summed E-state index contributed by atoms with van der Waals surface area (Å²) in [6.45, 7) is 2.23. The van der Waals surface area contributed by atoms with Gasteiger partial charge in [0, 0.05) is 41.3 Å². The minimum atomic E-state index is -0.546. The van der Waals surface area contributed by atoms with Crippen molar-refractivity contribution < 1.29 is 19.2 Å². The molecule has 0 unspecified atom stereocenters. The van der Waals surface area contributed by atoms with Crippen LogP contribution < -0.4 is 0 Å². The predicted octanol–water partition coefficient (Wildman–Crippen LogP) is 3.68. The molecule has 0 saturated heterocycles. The molecule has 0 radical (unpaired) electrons. The van der Waals surface area contributed by atoms with Gasteiger partial charge in [0.05, 0.1) is 22.8 Å². The number of H-pyrrole nitrogens is 1. The third kappa shape index (κ3) is 3.43. The molecule has 1 amide bonds. The highest BCUT2D eigenvalue weighted by Crippen LogP contribution is 2.32. The zero-order chi connectivity index (χ0) is 21.3. The van der Waals surface area contributed by atoms with Crippen molar-refractivity contribution in [3.8, 4) is 0 Å². The molecule has 8 nitrogen and oxygen atoms in total. The van der Waals surface area contributed by atoms with Crippen LogP contribution in [0, 0.1) is 10.1 Å². The Bertz CT molecular complexity index is 1190. The number of benzene rings is 2. The van der Waals surface area contributed by atoms with E-state index in [1.54, 1.807) is 6.92 Å². The Balaban J connectivity index is 1.78. The van der Waals surface area contributed by atoms with Crippen LogP contribution in [0.15, 0.2) is 54.7 Å². The first-order valence-corrected chi connectivity index (χ1v) is 9.54. The summed E-state index contributed by atoms with van der Waals surface area (Å²) in [6.07, 6.45) is 1.99. The van der Waals surface area contributed by atoms with Gasteiger partial charge < -0.3 is 14.6 Å². The summed E-state index contributed by atoms with van der Waals surface area (Å²) in [4.78, 5) is 41.0. The first kappa shape index (κ1) is 19.4. The van der Waals surface area contributed by atoms with Crippen molar-refractivity contribution in [3.05, 3.63) is 81.7 Å². The van der Waals surface area contributed by atoms with Crippen molar-refractivity contribution in [1.29, 1.82) is 0 Å². The normalized spacial score (nSPS) is 13.4. The number of para-hydroxylation sites is 1. The topological polar surface area (TPSA) is 106 Å². The number of nitrogens with one attached hydrogen (secondary N) is 1. The van der Waals surface area contributed by atoms with Crippen molar-refractivity contribution in [2.45, 2.75) is 13.3 Å². The molecule has 8 heteroatoms. The van der Waals surface area contributed by atoms with E-state index < -0.39 is 16.8 Å². The molecule has 1 aliphatic heterocycles. The molecule has 0 fully saturated rings. The average molecular weight is 405 g/mol. The molecule has 0 bridgehead atoms. The summed E-state index contributed by atoms with van der Waals surface area (Å²) in [5, 5.41) is 12.0. The van der Waals surface area contributed by atoms with E-state index in [9.17, 15) is 19.7 Å². The molecular formula is C22H19N3O5. The Morgan fingerprint density at radius 1 is 1.20 bits per heavy atom. The van der Waals surface area contributed by atoms with Crippen LogP contribution in [0.25, 0.3) is 16.5 Å². The summed E-state index contributed by atoms with van der Waals surface area (Å²) in [5.74, 6) is -0.959. The van der Waals surface area contributed by atoms with Crippen molar-refractivity contribution in [3.63, 3.8) is 0 Å². The number of carbonyl (C=O) groups is 2. The van der Waals surface area contributed by atoms with Gasteiger partial charge in [0.2, 0.25) is 0 Å². The molecule has 4 rings (SSSR count). The second-order valence-corrected chi connectivity index (χ2v) is 6.84. The highest BCUT2D eigenvalue weighted by atomic mass is 16.6. The smallest absolute Gasteiger partial charge is 0.341 e. The Labute approximate surface area is 171 Å². The minimum Gasteiger partial charge on any atom is -0.462 e. The fraction of sp³-hybridized carbons (Fsp3) is 0.182. The van der Waals surface area contributed by atoms with E-state index in [1.165, 1.54) is 35.4 Å². The molecular weight excluding hydrogens is 386 g/mol. The van der Waals surface area contributed by atoms with E-state index in [2.05, 4.69) is 4.98 Å². The largest absolute Gasteiger partial charge is 0.462 e. The number of fused-ring (bicyclic) bond motifs is 3. The lowest BCUT2D eigenvalue weighted by Crippen LogP contribution is -2.28. The molecule has 3 aromatic rings. The van der Waals surface area contributed by atoms with E-state index in [1.807, 2.05) is 24.3 Å². The van der Waals surface area contributed by atoms with Crippen LogP contribution in [-0.2, 0) is 16.0 Å². The molecule has 2 aromatic carbocycles. The maximum Gasteiger partial charge on any atom is 0.341 e. The Morgan fingerprint density at radius 2 is 2.00 bits per heavy atom. The number of aromatic amines is 1. The number of aromatic nitrogens is 1. The van der Waals surface area contributed by atoms with E-state index >= 15 is 0 Å². The third-order valence-corrected chi connectivity index (χ3v) is 5.03. The molecule has 0 saturated carbocycles. The Morgan fingerprint density at radius 3 is 2.77 bits per heavy atom. The molecule has 1 aliphatic rings. The lowest BCUT2D eigenvalue weighted by Gasteiger charge is -2.17. The Kier molecular flexibility index (Phi) is 5.05. The first-order valence-electron chi connectivity index (χ1n) is 9.54. The van der Waals surface area contributed by atoms with E-state index in [-0.39, 0.29) is 23.4 Å². The monoisotopic (exact) mass is 405 g/mol. The van der Waals surface area contributed by atoms with Gasteiger partial charge in [0.15, 0.2) is 0 Å². The summed E-state index contributed by atoms with van der Waals surface area (Å²) < 4.78 is 5.22. The van der Waals surface area contributed by atoms with Crippen LogP contribution in [0.5, 0.6) is 0 Å². The van der Waals surface area contributed by atoms with Gasteiger partial charge in [0.25, 0.3) is 11.6 Å². The number of non-ortho nitro benzene ring substituents is 1. The second kappa shape index (κ2) is 7.82. The van der Waals surface area contributed by atoms with Crippen LogP contribution in [0.2, 0.25) is 0 Å².